The second-order valence-corrected chi connectivity index (χ2v) is 23.0. The zero-order valence-corrected chi connectivity index (χ0v) is 47.9. The molecule has 0 N–H and O–H groups in total. The largest absolute Gasteiger partial charge is 0.509 e. The monoisotopic (exact) mass is 1170 g/mol. The smallest absolute Gasteiger partial charge is 0.135 e. The van der Waals surface area contributed by atoms with Crippen LogP contribution in [0.2, 0.25) is 0 Å². The summed E-state index contributed by atoms with van der Waals surface area (Å²) in [4.78, 5) is 9.56. The van der Waals surface area contributed by atoms with Crippen LogP contribution in [-0.2, 0) is 37.3 Å². The Bertz CT molecular complexity index is 3640. The Morgan fingerprint density at radius 2 is 1.11 bits per heavy atom. The molecule has 8 aromatic carbocycles. The van der Waals surface area contributed by atoms with Crippen LogP contribution >= 0.6 is 0 Å². The first-order valence-corrected chi connectivity index (χ1v) is 26.6. The van der Waals surface area contributed by atoms with E-state index in [4.69, 9.17) is 9.72 Å². The Labute approximate surface area is 465 Å². The maximum absolute atomic E-state index is 6.79. The standard InChI is InChI=1S/C70H67N4O.Pt/c1-46(2)58-29-21-30-59(47(3)4)67(58)48-32-35-63-65(38-48)73(55-40-52(69(8,9)49-22-14-12-15-23-49)39-53(41-55)70(10,11)50-24-16-13-17-25-50)45-72(63)54-26-20-27-56(43-54)75-57-33-34-61-60-28-18-19-31-62(60)74(64(61)44-57)66-42-51(36-37-71-66)68(5,6)7;/h12-42,45-47H,1-11H3;/q-3;. The molecule has 0 radical (unpaired) electrons. The van der Waals surface area contributed by atoms with Crippen molar-refractivity contribution in [3.05, 3.63) is 246 Å². The molecule has 0 fully saturated rings. The zero-order valence-electron chi connectivity index (χ0n) is 45.6. The number of rotatable bonds is 12. The van der Waals surface area contributed by atoms with Crippen molar-refractivity contribution < 1.29 is 25.8 Å². The maximum atomic E-state index is 6.79. The van der Waals surface area contributed by atoms with Gasteiger partial charge in [0, 0.05) is 72.2 Å². The van der Waals surface area contributed by atoms with Gasteiger partial charge in [-0.2, -0.15) is 12.1 Å². The third-order valence-corrected chi connectivity index (χ3v) is 15.6. The molecular formula is C70H67N4OPt-3. The van der Waals surface area contributed by atoms with Crippen molar-refractivity contribution in [2.75, 3.05) is 9.80 Å². The van der Waals surface area contributed by atoms with Crippen molar-refractivity contribution in [2.24, 2.45) is 0 Å². The molecule has 0 saturated heterocycles. The van der Waals surface area contributed by atoms with Gasteiger partial charge in [0.2, 0.25) is 0 Å². The van der Waals surface area contributed by atoms with Crippen LogP contribution in [0.1, 0.15) is 127 Å². The van der Waals surface area contributed by atoms with Crippen molar-refractivity contribution in [3.8, 4) is 28.4 Å². The third kappa shape index (κ3) is 9.57. The molecule has 0 spiro atoms. The zero-order chi connectivity index (χ0) is 52.4. The van der Waals surface area contributed by atoms with Crippen LogP contribution in [0.3, 0.4) is 0 Å². The topological polar surface area (TPSA) is 33.5 Å². The van der Waals surface area contributed by atoms with Crippen LogP contribution in [0, 0.1) is 18.8 Å². The Kier molecular flexibility index (Phi) is 14.0. The number of anilines is 4. The number of para-hydroxylation sites is 1. The van der Waals surface area contributed by atoms with Gasteiger partial charge in [-0.25, -0.2) is 4.98 Å². The molecule has 10 aromatic rings. The fourth-order valence-electron chi connectivity index (χ4n) is 11.0. The maximum Gasteiger partial charge on any atom is 0.135 e. The normalized spacial score (nSPS) is 13.0. The van der Waals surface area contributed by atoms with Crippen molar-refractivity contribution in [1.82, 2.24) is 9.55 Å². The van der Waals surface area contributed by atoms with Gasteiger partial charge in [0.25, 0.3) is 0 Å². The summed E-state index contributed by atoms with van der Waals surface area (Å²) in [6.45, 7) is 27.5. The summed E-state index contributed by atoms with van der Waals surface area (Å²) in [7, 11) is 0. The molecule has 1 aliphatic rings. The summed E-state index contributed by atoms with van der Waals surface area (Å²) < 4.78 is 9.00. The van der Waals surface area contributed by atoms with Gasteiger partial charge in [-0.05, 0) is 115 Å². The minimum Gasteiger partial charge on any atom is -0.509 e. The van der Waals surface area contributed by atoms with Gasteiger partial charge in [-0.15, -0.1) is 48.1 Å². The number of ether oxygens (including phenoxy) is 1. The van der Waals surface area contributed by atoms with E-state index >= 15 is 0 Å². The number of aromatic nitrogens is 2. The van der Waals surface area contributed by atoms with Crippen LogP contribution in [0.4, 0.5) is 22.7 Å². The molecule has 386 valence electrons. The molecule has 1 aliphatic heterocycles. The fourth-order valence-corrected chi connectivity index (χ4v) is 11.0. The number of fused-ring (bicyclic) bond motifs is 4. The van der Waals surface area contributed by atoms with Gasteiger partial charge in [0.05, 0.1) is 0 Å². The predicted octanol–water partition coefficient (Wildman–Crippen LogP) is 18.8. The molecule has 76 heavy (non-hydrogen) atoms. The second-order valence-electron chi connectivity index (χ2n) is 23.0. The van der Waals surface area contributed by atoms with E-state index in [0.717, 1.165) is 50.4 Å². The van der Waals surface area contributed by atoms with E-state index in [1.165, 1.54) is 50.1 Å². The Morgan fingerprint density at radius 1 is 0.500 bits per heavy atom. The predicted molar refractivity (Wildman–Crippen MR) is 314 cm³/mol. The minimum atomic E-state index is -0.300. The first-order valence-electron chi connectivity index (χ1n) is 26.6. The minimum absolute atomic E-state index is 0. The SMILES string of the molecule is CC(C)c1cccc(C(C)C)c1-c1ccc2c(c1)N(c1cc(C(C)(C)c3ccccc3)cc(C(C)(C)c3ccccc3)c1)[CH-]N2c1[c-]c(Oc2[c-]c3c(cc2)c2ccccc2n3-c2cc(C(C)(C)C)ccn2)ccc1.[Pt]. The van der Waals surface area contributed by atoms with Gasteiger partial charge in [-0.3, -0.25) is 0 Å². The van der Waals surface area contributed by atoms with Crippen molar-refractivity contribution in [2.45, 2.75) is 104 Å². The third-order valence-electron chi connectivity index (χ3n) is 15.6. The summed E-state index contributed by atoms with van der Waals surface area (Å²) in [5.74, 6) is 2.74. The fraction of sp³-hybridized carbons (Fsp3) is 0.229. The molecular weight excluding hydrogens is 1110 g/mol. The quantitative estimate of drug-likeness (QED) is 0.114. The summed E-state index contributed by atoms with van der Waals surface area (Å²) >= 11 is 0. The number of hydrogen-bond donors (Lipinski definition) is 0. The number of pyridine rings is 1. The molecule has 0 bridgehead atoms. The molecule has 0 unspecified atom stereocenters. The number of nitrogens with zero attached hydrogens (tertiary/aromatic N) is 4. The molecule has 0 amide bonds. The van der Waals surface area contributed by atoms with Gasteiger partial charge in [-0.1, -0.05) is 191 Å². The molecule has 2 aromatic heterocycles. The molecule has 0 aliphatic carbocycles. The van der Waals surface area contributed by atoms with Crippen molar-refractivity contribution in [3.63, 3.8) is 0 Å². The Morgan fingerprint density at radius 3 is 1.74 bits per heavy atom. The average molecular weight is 1180 g/mol. The molecule has 5 nitrogen and oxygen atoms in total. The van der Waals surface area contributed by atoms with Crippen LogP contribution in [0.15, 0.2) is 188 Å². The van der Waals surface area contributed by atoms with E-state index in [1.54, 1.807) is 0 Å². The molecule has 0 saturated carbocycles. The van der Waals surface area contributed by atoms with Gasteiger partial charge < -0.3 is 19.1 Å². The summed E-state index contributed by atoms with van der Waals surface area (Å²) in [5, 5.41) is 2.23. The van der Waals surface area contributed by atoms with E-state index in [2.05, 4.69) is 279 Å². The van der Waals surface area contributed by atoms with E-state index in [0.29, 0.717) is 23.3 Å². The number of hydrogen-bond acceptors (Lipinski definition) is 4. The van der Waals surface area contributed by atoms with E-state index in [-0.39, 0.29) is 37.3 Å². The van der Waals surface area contributed by atoms with Gasteiger partial charge >= 0.3 is 0 Å². The van der Waals surface area contributed by atoms with Gasteiger partial charge in [0.1, 0.15) is 5.82 Å². The molecule has 3 heterocycles. The van der Waals surface area contributed by atoms with Crippen LogP contribution in [0.5, 0.6) is 11.5 Å². The van der Waals surface area contributed by atoms with Crippen molar-refractivity contribution >= 4 is 44.6 Å². The van der Waals surface area contributed by atoms with Crippen LogP contribution in [-0.4, -0.2) is 9.55 Å². The average Bonchev–Trinajstić information content (AvgIpc) is 4.06. The van der Waals surface area contributed by atoms with Gasteiger partial charge in [0.15, 0.2) is 0 Å². The van der Waals surface area contributed by atoms with Crippen molar-refractivity contribution in [1.29, 1.82) is 0 Å². The Hall–Kier alpha value is -7.20. The van der Waals surface area contributed by atoms with E-state index < -0.39 is 0 Å². The number of benzene rings is 8. The summed E-state index contributed by atoms with van der Waals surface area (Å²) in [5.41, 5.74) is 16.9. The summed E-state index contributed by atoms with van der Waals surface area (Å²) in [6, 6.07) is 73.4. The molecule has 11 rings (SSSR count). The van der Waals surface area contributed by atoms with E-state index in [1.807, 2.05) is 18.3 Å². The van der Waals surface area contributed by atoms with E-state index in [9.17, 15) is 0 Å². The Balaban J connectivity index is 0.00000657. The molecule has 0 atom stereocenters. The van der Waals surface area contributed by atoms with Crippen LogP contribution in [0.25, 0.3) is 38.8 Å². The second kappa shape index (κ2) is 20.4. The first kappa shape index (κ1) is 52.2. The summed E-state index contributed by atoms with van der Waals surface area (Å²) in [6.07, 6.45) is 1.91. The molecule has 6 heteroatoms. The first-order chi connectivity index (χ1) is 36.0. The van der Waals surface area contributed by atoms with Crippen LogP contribution < -0.4 is 14.5 Å².